The van der Waals surface area contributed by atoms with Crippen molar-refractivity contribution in [3.05, 3.63) is 23.5 Å². The molecule has 0 saturated carbocycles. The Morgan fingerprint density at radius 3 is 2.56 bits per heavy atom. The molecule has 1 N–H and O–H groups in total. The van der Waals surface area contributed by atoms with E-state index in [9.17, 15) is 8.42 Å². The molecule has 1 rings (SSSR count). The van der Waals surface area contributed by atoms with Gasteiger partial charge in [-0.05, 0) is 17.5 Å². The van der Waals surface area contributed by atoms with E-state index in [1.54, 1.807) is 0 Å². The van der Waals surface area contributed by atoms with Crippen LogP contribution in [0.25, 0.3) is 0 Å². The first-order valence-corrected chi connectivity index (χ1v) is 6.68. The van der Waals surface area contributed by atoms with E-state index in [1.165, 1.54) is 18.3 Å². The van der Waals surface area contributed by atoms with E-state index in [0.29, 0.717) is 6.54 Å². The van der Waals surface area contributed by atoms with Crippen LogP contribution >= 0.6 is 11.6 Å². The summed E-state index contributed by atoms with van der Waals surface area (Å²) in [5, 5.41) is 0.165. The fraction of sp³-hybridized carbons (Fsp3) is 0.500. The highest BCUT2D eigenvalue weighted by atomic mass is 35.5. The molecule has 1 aromatic rings. The lowest BCUT2D eigenvalue weighted by molar-refractivity contribution is 0.407. The van der Waals surface area contributed by atoms with Crippen molar-refractivity contribution in [2.24, 2.45) is 5.41 Å². The zero-order chi connectivity index (χ0) is 12.4. The van der Waals surface area contributed by atoms with Crippen molar-refractivity contribution in [2.45, 2.75) is 25.7 Å². The minimum Gasteiger partial charge on any atom is -0.244 e. The second-order valence-corrected chi connectivity index (χ2v) is 6.85. The zero-order valence-corrected chi connectivity index (χ0v) is 11.1. The van der Waals surface area contributed by atoms with E-state index in [4.69, 9.17) is 11.6 Å². The average molecular weight is 263 g/mol. The Kier molecular flexibility index (Phi) is 3.93. The van der Waals surface area contributed by atoms with Gasteiger partial charge in [-0.1, -0.05) is 32.4 Å². The van der Waals surface area contributed by atoms with Crippen molar-refractivity contribution in [3.8, 4) is 0 Å². The lowest BCUT2D eigenvalue weighted by Crippen LogP contribution is -2.32. The van der Waals surface area contributed by atoms with Gasteiger partial charge < -0.3 is 0 Å². The maximum absolute atomic E-state index is 11.8. The van der Waals surface area contributed by atoms with E-state index in [-0.39, 0.29) is 15.5 Å². The minimum absolute atomic E-state index is 0.107. The van der Waals surface area contributed by atoms with E-state index >= 15 is 0 Å². The largest absolute Gasteiger partial charge is 0.244 e. The Bertz CT molecular complexity index is 466. The molecule has 90 valence electrons. The molecular formula is C10H15ClN2O2S. The van der Waals surface area contributed by atoms with E-state index < -0.39 is 10.0 Å². The van der Waals surface area contributed by atoms with Crippen molar-refractivity contribution < 1.29 is 8.42 Å². The molecule has 0 radical (unpaired) electrons. The molecule has 4 nitrogen and oxygen atoms in total. The van der Waals surface area contributed by atoms with Crippen molar-refractivity contribution in [1.82, 2.24) is 9.71 Å². The highest BCUT2D eigenvalue weighted by Crippen LogP contribution is 2.15. The van der Waals surface area contributed by atoms with Crippen LogP contribution in [0.3, 0.4) is 0 Å². The fourth-order valence-electron chi connectivity index (χ4n) is 0.947. The summed E-state index contributed by atoms with van der Waals surface area (Å²) in [5.41, 5.74) is -0.107. The Hall–Kier alpha value is -0.650. The first kappa shape index (κ1) is 13.4. The molecule has 0 atom stereocenters. The fourth-order valence-corrected chi connectivity index (χ4v) is 2.48. The third kappa shape index (κ3) is 4.08. The summed E-state index contributed by atoms with van der Waals surface area (Å²) >= 11 is 5.64. The monoisotopic (exact) mass is 262 g/mol. The number of nitrogens with one attached hydrogen (secondary N) is 1. The average Bonchev–Trinajstić information content (AvgIpc) is 2.14. The number of sulfonamides is 1. The zero-order valence-electron chi connectivity index (χ0n) is 9.49. The molecular weight excluding hydrogens is 248 g/mol. The minimum atomic E-state index is -3.49. The third-order valence-corrected chi connectivity index (χ3v) is 3.41. The van der Waals surface area contributed by atoms with Gasteiger partial charge in [-0.2, -0.15) is 0 Å². The van der Waals surface area contributed by atoms with Crippen LogP contribution in [0.4, 0.5) is 0 Å². The van der Waals surface area contributed by atoms with Crippen molar-refractivity contribution in [3.63, 3.8) is 0 Å². The van der Waals surface area contributed by atoms with Gasteiger partial charge in [0, 0.05) is 12.7 Å². The predicted molar refractivity (Wildman–Crippen MR) is 63.9 cm³/mol. The number of rotatable bonds is 3. The molecule has 0 unspecified atom stereocenters. The molecule has 0 bridgehead atoms. The van der Waals surface area contributed by atoms with E-state index in [0.717, 1.165) is 0 Å². The van der Waals surface area contributed by atoms with Gasteiger partial charge in [0.2, 0.25) is 10.0 Å². The van der Waals surface area contributed by atoms with Crippen molar-refractivity contribution in [1.29, 1.82) is 0 Å². The summed E-state index contributed by atoms with van der Waals surface area (Å²) in [7, 11) is -3.49. The molecule has 6 heteroatoms. The van der Waals surface area contributed by atoms with Crippen LogP contribution in [-0.4, -0.2) is 19.9 Å². The Morgan fingerprint density at radius 1 is 1.44 bits per heavy atom. The Labute approximate surface area is 101 Å². The van der Waals surface area contributed by atoms with Crippen LogP contribution in [0, 0.1) is 5.41 Å². The molecule has 0 fully saturated rings. The first-order valence-electron chi connectivity index (χ1n) is 4.82. The van der Waals surface area contributed by atoms with Crippen LogP contribution in [0.1, 0.15) is 20.8 Å². The van der Waals surface area contributed by atoms with Gasteiger partial charge >= 0.3 is 0 Å². The third-order valence-electron chi connectivity index (χ3n) is 1.80. The van der Waals surface area contributed by atoms with Gasteiger partial charge in [0.25, 0.3) is 0 Å². The van der Waals surface area contributed by atoms with E-state index in [2.05, 4.69) is 9.71 Å². The SMILES string of the molecule is CC(C)(C)CNS(=O)(=O)c1ccnc(Cl)c1. The molecule has 0 amide bonds. The molecule has 0 aliphatic rings. The first-order chi connectivity index (χ1) is 7.21. The summed E-state index contributed by atoms with van der Waals surface area (Å²) in [4.78, 5) is 3.87. The van der Waals surface area contributed by atoms with Crippen LogP contribution in [0.2, 0.25) is 5.15 Å². The number of hydrogen-bond donors (Lipinski definition) is 1. The van der Waals surface area contributed by atoms with Crippen LogP contribution < -0.4 is 4.72 Å². The molecule has 0 spiro atoms. The highest BCUT2D eigenvalue weighted by Gasteiger charge is 2.18. The number of halogens is 1. The predicted octanol–water partition coefficient (Wildman–Crippen LogP) is 2.06. The van der Waals surface area contributed by atoms with Gasteiger partial charge in [-0.3, -0.25) is 0 Å². The number of hydrogen-bond acceptors (Lipinski definition) is 3. The van der Waals surface area contributed by atoms with Crippen LogP contribution in [-0.2, 0) is 10.0 Å². The summed E-state index contributed by atoms with van der Waals surface area (Å²) in [5.74, 6) is 0. The van der Waals surface area contributed by atoms with Crippen LogP contribution in [0.5, 0.6) is 0 Å². The molecule has 0 aliphatic heterocycles. The van der Waals surface area contributed by atoms with Gasteiger partial charge in [0.05, 0.1) is 4.90 Å². The number of aromatic nitrogens is 1. The quantitative estimate of drug-likeness (QED) is 0.849. The summed E-state index contributed by atoms with van der Waals surface area (Å²) < 4.78 is 26.2. The normalized spacial score (nSPS) is 12.8. The lowest BCUT2D eigenvalue weighted by atomic mass is 9.98. The second-order valence-electron chi connectivity index (χ2n) is 4.70. The second kappa shape index (κ2) is 4.69. The maximum Gasteiger partial charge on any atom is 0.240 e. The lowest BCUT2D eigenvalue weighted by Gasteiger charge is -2.18. The summed E-state index contributed by atoms with van der Waals surface area (Å²) in [6.07, 6.45) is 1.37. The molecule has 0 saturated heterocycles. The van der Waals surface area contributed by atoms with Crippen LogP contribution in [0.15, 0.2) is 23.2 Å². The summed E-state index contributed by atoms with van der Waals surface area (Å²) in [6, 6.07) is 2.74. The van der Waals surface area contributed by atoms with Gasteiger partial charge in [0.1, 0.15) is 5.15 Å². The number of nitrogens with zero attached hydrogens (tertiary/aromatic N) is 1. The number of pyridine rings is 1. The standard InChI is InChI=1S/C10H15ClN2O2S/c1-10(2,3)7-13-16(14,15)8-4-5-12-9(11)6-8/h4-6,13H,7H2,1-3H3. The molecule has 0 aromatic carbocycles. The van der Waals surface area contributed by atoms with E-state index in [1.807, 2.05) is 20.8 Å². The maximum atomic E-state index is 11.8. The Balaban J connectivity index is 2.87. The van der Waals surface area contributed by atoms with Crippen molar-refractivity contribution in [2.75, 3.05) is 6.54 Å². The van der Waals surface area contributed by atoms with Crippen molar-refractivity contribution >= 4 is 21.6 Å². The van der Waals surface area contributed by atoms with Gasteiger partial charge in [0.15, 0.2) is 0 Å². The van der Waals surface area contributed by atoms with Gasteiger partial charge in [-0.25, -0.2) is 18.1 Å². The Morgan fingerprint density at radius 2 is 2.06 bits per heavy atom. The summed E-state index contributed by atoms with van der Waals surface area (Å²) in [6.45, 7) is 6.23. The molecule has 16 heavy (non-hydrogen) atoms. The molecule has 1 aromatic heterocycles. The molecule has 1 heterocycles. The highest BCUT2D eigenvalue weighted by molar-refractivity contribution is 7.89. The molecule has 0 aliphatic carbocycles. The topological polar surface area (TPSA) is 59.1 Å². The smallest absolute Gasteiger partial charge is 0.240 e. The van der Waals surface area contributed by atoms with Gasteiger partial charge in [-0.15, -0.1) is 0 Å².